The Morgan fingerprint density at radius 3 is 1.21 bits per heavy atom. The van der Waals surface area contributed by atoms with Gasteiger partial charge in [0.2, 0.25) is 0 Å². The van der Waals surface area contributed by atoms with Gasteiger partial charge in [-0.15, -0.1) is 0 Å². The van der Waals surface area contributed by atoms with Gasteiger partial charge in [0.25, 0.3) is 0 Å². The van der Waals surface area contributed by atoms with Gasteiger partial charge in [-0.05, 0) is 116 Å². The van der Waals surface area contributed by atoms with Crippen LogP contribution < -0.4 is 0 Å². The second kappa shape index (κ2) is 16.2. The summed E-state index contributed by atoms with van der Waals surface area (Å²) < 4.78 is 0. The van der Waals surface area contributed by atoms with Crippen molar-refractivity contribution in [3.8, 4) is 22.3 Å². The summed E-state index contributed by atoms with van der Waals surface area (Å²) in [5, 5.41) is 0. The van der Waals surface area contributed by atoms with Gasteiger partial charge in [0.05, 0.1) is 0 Å². The lowest BCUT2D eigenvalue weighted by Crippen LogP contribution is -2.10. The first-order chi connectivity index (χ1) is 24.9. The zero-order chi connectivity index (χ0) is 37.0. The average Bonchev–Trinajstić information content (AvgIpc) is 3.69. The van der Waals surface area contributed by atoms with Crippen LogP contribution in [-0.4, -0.2) is 0 Å². The number of hydrogen-bond acceptors (Lipinski definition) is 0. The summed E-state index contributed by atoms with van der Waals surface area (Å²) in [7, 11) is 0. The van der Waals surface area contributed by atoms with Gasteiger partial charge in [-0.25, -0.2) is 0 Å². The van der Waals surface area contributed by atoms with Crippen LogP contribution in [0.25, 0.3) is 33.4 Å². The minimum atomic E-state index is 0.142. The van der Waals surface area contributed by atoms with E-state index in [9.17, 15) is 0 Å². The van der Waals surface area contributed by atoms with Gasteiger partial charge in [0.1, 0.15) is 0 Å². The van der Waals surface area contributed by atoms with E-state index in [1.54, 1.807) is 22.3 Å². The summed E-state index contributed by atoms with van der Waals surface area (Å²) >= 11 is 0. The molecule has 2 aliphatic carbocycles. The first-order valence-electron chi connectivity index (χ1n) is 20.8. The Morgan fingerprint density at radius 1 is 0.481 bits per heavy atom. The van der Waals surface area contributed by atoms with Crippen LogP contribution >= 0.6 is 0 Å². The predicted molar refractivity (Wildman–Crippen MR) is 229 cm³/mol. The normalized spacial score (nSPS) is 14.5. The Bertz CT molecular complexity index is 1750. The van der Waals surface area contributed by atoms with Crippen LogP contribution in [-0.2, 0) is 23.7 Å². The maximum atomic E-state index is 2.58. The highest BCUT2D eigenvalue weighted by atomic mass is 14.4. The zero-order valence-electron chi connectivity index (χ0n) is 34.1. The summed E-state index contributed by atoms with van der Waals surface area (Å²) in [4.78, 5) is 0. The van der Waals surface area contributed by atoms with Crippen LogP contribution in [0.15, 0.2) is 96.1 Å². The van der Waals surface area contributed by atoms with E-state index in [1.807, 2.05) is 0 Å². The summed E-state index contributed by atoms with van der Waals surface area (Å²) in [6, 6.07) is 33.3. The molecule has 0 radical (unpaired) electrons. The number of benzene rings is 4. The summed E-state index contributed by atoms with van der Waals surface area (Å²) in [6.45, 7) is 21.1. The van der Waals surface area contributed by atoms with Crippen LogP contribution in [0.2, 0.25) is 0 Å². The average molecular weight is 691 g/mol. The molecule has 0 unspecified atom stereocenters. The Labute approximate surface area is 317 Å². The van der Waals surface area contributed by atoms with E-state index in [2.05, 4.69) is 147 Å². The Morgan fingerprint density at radius 2 is 0.865 bits per heavy atom. The van der Waals surface area contributed by atoms with Crippen molar-refractivity contribution in [2.75, 3.05) is 0 Å². The maximum absolute atomic E-state index is 2.58. The molecular weight excluding hydrogens is 625 g/mol. The molecule has 0 amide bonds. The first-order valence-corrected chi connectivity index (χ1v) is 20.8. The molecule has 6 rings (SSSR count). The van der Waals surface area contributed by atoms with E-state index in [-0.39, 0.29) is 10.8 Å². The topological polar surface area (TPSA) is 0 Å². The molecule has 0 saturated heterocycles. The number of fused-ring (bicyclic) bond motifs is 2. The van der Waals surface area contributed by atoms with Crippen molar-refractivity contribution in [1.82, 2.24) is 0 Å². The third kappa shape index (κ3) is 8.12. The molecule has 0 spiro atoms. The van der Waals surface area contributed by atoms with Crippen LogP contribution in [0.1, 0.15) is 160 Å². The minimum Gasteiger partial charge on any atom is -0.0654 e. The highest BCUT2D eigenvalue weighted by Crippen LogP contribution is 2.53. The second-order valence-electron chi connectivity index (χ2n) is 18.1. The molecule has 2 aliphatic rings. The lowest BCUT2D eigenvalue weighted by molar-refractivity contribution is 0.590. The fraction of sp³-hybridized carbons (Fsp3) is 0.462. The third-order valence-electron chi connectivity index (χ3n) is 12.1. The molecule has 4 aromatic carbocycles. The van der Waals surface area contributed by atoms with Crippen molar-refractivity contribution in [2.24, 2.45) is 5.92 Å². The van der Waals surface area contributed by atoms with Crippen molar-refractivity contribution < 1.29 is 0 Å². The smallest absolute Gasteiger partial charge is 0.00728 e. The molecule has 274 valence electrons. The maximum Gasteiger partial charge on any atom is 0.00728 e. The molecule has 0 atom stereocenters. The van der Waals surface area contributed by atoms with Crippen LogP contribution in [0.5, 0.6) is 0 Å². The molecule has 52 heavy (non-hydrogen) atoms. The van der Waals surface area contributed by atoms with E-state index in [4.69, 9.17) is 0 Å². The van der Waals surface area contributed by atoms with E-state index in [0.717, 1.165) is 12.8 Å². The summed E-state index contributed by atoms with van der Waals surface area (Å²) in [5.74, 6) is 0.329. The van der Waals surface area contributed by atoms with E-state index < -0.39 is 0 Å². The van der Waals surface area contributed by atoms with E-state index in [0.29, 0.717) is 5.92 Å². The summed E-state index contributed by atoms with van der Waals surface area (Å²) in [5.41, 5.74) is 21.4. The fourth-order valence-corrected chi connectivity index (χ4v) is 9.08. The molecule has 0 fully saturated rings. The molecule has 0 bridgehead atoms. The van der Waals surface area contributed by atoms with Gasteiger partial charge < -0.3 is 0 Å². The standard InChI is InChI=1S/C52H66/c1-10-12-14-16-20-39-34-41-22-18-24-45(37-26-30-43(31-27-37)51(4,5)6)49(41)47(39)36(3)48-40(21-17-15-13-11-2)35-42-23-19-25-46(50(42)48)38-28-32-44(33-29-38)52(7,8)9/h18-19,22-33,36H,10-17,20-21,34-35H2,1-9H3. The lowest BCUT2D eigenvalue weighted by Gasteiger charge is -2.25. The van der Waals surface area contributed by atoms with Gasteiger partial charge in [-0.3, -0.25) is 0 Å². The van der Waals surface area contributed by atoms with Crippen molar-refractivity contribution >= 4 is 11.1 Å². The fourth-order valence-electron chi connectivity index (χ4n) is 9.08. The van der Waals surface area contributed by atoms with Crippen LogP contribution in [0, 0.1) is 5.92 Å². The molecule has 0 heterocycles. The van der Waals surface area contributed by atoms with Gasteiger partial charge in [0, 0.05) is 5.92 Å². The van der Waals surface area contributed by atoms with E-state index >= 15 is 0 Å². The number of hydrogen-bond donors (Lipinski definition) is 0. The zero-order valence-corrected chi connectivity index (χ0v) is 34.1. The molecule has 0 nitrogen and oxygen atoms in total. The van der Waals surface area contributed by atoms with Crippen LogP contribution in [0.4, 0.5) is 0 Å². The third-order valence-corrected chi connectivity index (χ3v) is 12.1. The Kier molecular flexibility index (Phi) is 11.8. The SMILES string of the molecule is CCCCCCC1=C(C(C)C2=C(CCCCCC)Cc3cccc(-c4ccc(C(C)(C)C)cc4)c32)c2c(cccc2-c2ccc(C(C)(C)C)cc2)C1. The molecule has 4 aromatic rings. The van der Waals surface area contributed by atoms with Crippen molar-refractivity contribution in [3.63, 3.8) is 0 Å². The highest BCUT2D eigenvalue weighted by molar-refractivity contribution is 5.98. The largest absolute Gasteiger partial charge is 0.0654 e. The van der Waals surface area contributed by atoms with Gasteiger partial charge in [-0.2, -0.15) is 0 Å². The first kappa shape index (κ1) is 38.1. The second-order valence-corrected chi connectivity index (χ2v) is 18.1. The minimum absolute atomic E-state index is 0.142. The van der Waals surface area contributed by atoms with Gasteiger partial charge >= 0.3 is 0 Å². The van der Waals surface area contributed by atoms with Crippen molar-refractivity contribution in [1.29, 1.82) is 0 Å². The molecule has 0 aromatic heterocycles. The number of rotatable bonds is 14. The highest BCUT2D eigenvalue weighted by Gasteiger charge is 2.35. The molecular formula is C52H66. The van der Waals surface area contributed by atoms with Gasteiger partial charge in [0.15, 0.2) is 0 Å². The number of allylic oxidation sites excluding steroid dienone is 4. The number of unbranched alkanes of at least 4 members (excludes halogenated alkanes) is 6. The monoisotopic (exact) mass is 691 g/mol. The predicted octanol–water partition coefficient (Wildman–Crippen LogP) is 15.5. The molecule has 0 saturated carbocycles. The molecule has 0 heteroatoms. The Balaban J connectivity index is 1.50. The Hall–Kier alpha value is -3.64. The van der Waals surface area contributed by atoms with Crippen molar-refractivity contribution in [3.05, 3.63) is 129 Å². The van der Waals surface area contributed by atoms with Gasteiger partial charge in [-0.1, -0.05) is 197 Å². The van der Waals surface area contributed by atoms with Crippen molar-refractivity contribution in [2.45, 2.75) is 150 Å². The molecule has 0 aliphatic heterocycles. The van der Waals surface area contributed by atoms with Crippen LogP contribution in [0.3, 0.4) is 0 Å². The lowest BCUT2D eigenvalue weighted by atomic mass is 9.78. The van der Waals surface area contributed by atoms with E-state index in [1.165, 1.54) is 120 Å². The summed E-state index contributed by atoms with van der Waals surface area (Å²) in [6.07, 6.45) is 15.0. The molecule has 0 N–H and O–H groups in total. The quantitative estimate of drug-likeness (QED) is 0.116.